The maximum atomic E-state index is 12.3. The van der Waals surface area contributed by atoms with E-state index in [1.54, 1.807) is 0 Å². The van der Waals surface area contributed by atoms with Gasteiger partial charge in [0.1, 0.15) is 5.60 Å². The number of hydrogen-bond acceptors (Lipinski definition) is 3. The molecule has 1 N–H and O–H groups in total. The smallest absolute Gasteiger partial charge is 0.410 e. The highest BCUT2D eigenvalue weighted by atomic mass is 16.6. The van der Waals surface area contributed by atoms with Crippen molar-refractivity contribution >= 4 is 6.09 Å². The van der Waals surface area contributed by atoms with E-state index in [4.69, 9.17) is 4.74 Å². The number of rotatable bonds is 3. The Labute approximate surface area is 128 Å². The van der Waals surface area contributed by atoms with Crippen LogP contribution in [-0.2, 0) is 4.74 Å². The van der Waals surface area contributed by atoms with Crippen molar-refractivity contribution in [1.82, 2.24) is 10.2 Å². The number of carbonyl (C=O) groups is 1. The number of likely N-dealkylation sites (tertiary alicyclic amines) is 1. The largest absolute Gasteiger partial charge is 0.444 e. The first-order valence-electron chi connectivity index (χ1n) is 8.65. The average Bonchev–Trinajstić information content (AvgIpc) is 3.10. The van der Waals surface area contributed by atoms with Gasteiger partial charge in [-0.2, -0.15) is 0 Å². The van der Waals surface area contributed by atoms with E-state index in [2.05, 4.69) is 5.32 Å². The summed E-state index contributed by atoms with van der Waals surface area (Å²) >= 11 is 0. The number of nitrogens with one attached hydrogen (secondary N) is 1. The van der Waals surface area contributed by atoms with Gasteiger partial charge in [0.2, 0.25) is 0 Å². The fourth-order valence-electron chi connectivity index (χ4n) is 4.39. The zero-order valence-electron chi connectivity index (χ0n) is 13.7. The third-order valence-corrected chi connectivity index (χ3v) is 5.36. The van der Waals surface area contributed by atoms with E-state index in [0.29, 0.717) is 12.1 Å². The summed E-state index contributed by atoms with van der Waals surface area (Å²) in [7, 11) is 0. The molecule has 4 heteroatoms. The van der Waals surface area contributed by atoms with Crippen LogP contribution in [0.1, 0.15) is 59.3 Å². The molecule has 21 heavy (non-hydrogen) atoms. The number of carbonyl (C=O) groups excluding carboxylic acids is 1. The van der Waals surface area contributed by atoms with Gasteiger partial charge >= 0.3 is 6.09 Å². The molecule has 4 atom stereocenters. The Kier molecular flexibility index (Phi) is 4.17. The summed E-state index contributed by atoms with van der Waals surface area (Å²) in [5.41, 5.74) is -0.401. The van der Waals surface area contributed by atoms with Gasteiger partial charge in [-0.25, -0.2) is 4.79 Å². The first-order chi connectivity index (χ1) is 9.92. The Morgan fingerprint density at radius 1 is 1.24 bits per heavy atom. The molecule has 4 nitrogen and oxygen atoms in total. The van der Waals surface area contributed by atoms with Gasteiger partial charge in [-0.05, 0) is 64.7 Å². The van der Waals surface area contributed by atoms with Crippen LogP contribution in [0.2, 0.25) is 0 Å². The number of ether oxygens (including phenoxy) is 1. The highest BCUT2D eigenvalue weighted by Crippen LogP contribution is 2.44. The second-order valence-corrected chi connectivity index (χ2v) is 8.16. The highest BCUT2D eigenvalue weighted by molar-refractivity contribution is 5.69. The van der Waals surface area contributed by atoms with Crippen molar-refractivity contribution in [2.24, 2.45) is 11.8 Å². The topological polar surface area (TPSA) is 41.6 Å². The van der Waals surface area contributed by atoms with Crippen molar-refractivity contribution in [3.63, 3.8) is 0 Å². The molecule has 3 aliphatic rings. The Balaban J connectivity index is 1.49. The van der Waals surface area contributed by atoms with Crippen LogP contribution in [0.15, 0.2) is 0 Å². The first-order valence-corrected chi connectivity index (χ1v) is 8.65. The average molecular weight is 294 g/mol. The second-order valence-electron chi connectivity index (χ2n) is 8.16. The van der Waals surface area contributed by atoms with E-state index in [1.807, 2.05) is 25.7 Å². The molecule has 0 aromatic heterocycles. The van der Waals surface area contributed by atoms with Gasteiger partial charge in [0, 0.05) is 25.2 Å². The van der Waals surface area contributed by atoms with E-state index in [0.717, 1.165) is 37.8 Å². The predicted octanol–water partition coefficient (Wildman–Crippen LogP) is 3.16. The van der Waals surface area contributed by atoms with Crippen molar-refractivity contribution in [2.75, 3.05) is 13.1 Å². The minimum atomic E-state index is -0.401. The summed E-state index contributed by atoms with van der Waals surface area (Å²) in [5.74, 6) is 1.87. The van der Waals surface area contributed by atoms with E-state index >= 15 is 0 Å². The SMILES string of the molecule is CC(C)(C)OC(=O)N1CCCC1CNC1CC2CCC1C2. The van der Waals surface area contributed by atoms with Crippen molar-refractivity contribution in [3.05, 3.63) is 0 Å². The zero-order chi connectivity index (χ0) is 15.0. The summed E-state index contributed by atoms with van der Waals surface area (Å²) in [6.07, 6.45) is 7.69. The highest BCUT2D eigenvalue weighted by Gasteiger charge is 2.40. The van der Waals surface area contributed by atoms with E-state index in [-0.39, 0.29) is 6.09 Å². The molecular weight excluding hydrogens is 264 g/mol. The molecule has 0 radical (unpaired) electrons. The third-order valence-electron chi connectivity index (χ3n) is 5.36. The number of amides is 1. The molecule has 4 unspecified atom stereocenters. The Morgan fingerprint density at radius 3 is 2.67 bits per heavy atom. The Morgan fingerprint density at radius 2 is 2.05 bits per heavy atom. The molecule has 1 aliphatic heterocycles. The maximum absolute atomic E-state index is 12.3. The monoisotopic (exact) mass is 294 g/mol. The Hall–Kier alpha value is -0.770. The number of hydrogen-bond donors (Lipinski definition) is 1. The van der Waals surface area contributed by atoms with E-state index in [1.165, 1.54) is 25.7 Å². The molecule has 3 rings (SSSR count). The first kappa shape index (κ1) is 15.1. The Bertz CT molecular complexity index is 391. The number of nitrogens with zero attached hydrogens (tertiary/aromatic N) is 1. The lowest BCUT2D eigenvalue weighted by atomic mass is 9.95. The lowest BCUT2D eigenvalue weighted by Gasteiger charge is -2.30. The molecular formula is C17H30N2O2. The van der Waals surface area contributed by atoms with Crippen LogP contribution in [0.5, 0.6) is 0 Å². The summed E-state index contributed by atoms with van der Waals surface area (Å²) in [6, 6.07) is 1.02. The van der Waals surface area contributed by atoms with Gasteiger partial charge in [0.15, 0.2) is 0 Å². The van der Waals surface area contributed by atoms with Gasteiger partial charge in [-0.15, -0.1) is 0 Å². The standard InChI is InChI=1S/C17H30N2O2/c1-17(2,3)21-16(20)19-8-4-5-14(19)11-18-15-10-12-6-7-13(15)9-12/h12-15,18H,4-11H2,1-3H3. The van der Waals surface area contributed by atoms with Gasteiger partial charge in [-0.1, -0.05) is 6.42 Å². The summed E-state index contributed by atoms with van der Waals surface area (Å²) in [6.45, 7) is 7.58. The molecule has 3 fully saturated rings. The normalized spacial score (nSPS) is 35.5. The molecule has 1 saturated heterocycles. The molecule has 2 aliphatic carbocycles. The molecule has 1 heterocycles. The second kappa shape index (κ2) is 5.79. The molecule has 2 bridgehead atoms. The van der Waals surface area contributed by atoms with Gasteiger partial charge in [-0.3, -0.25) is 0 Å². The summed E-state index contributed by atoms with van der Waals surface area (Å²) < 4.78 is 5.53. The molecule has 120 valence electrons. The van der Waals surface area contributed by atoms with Gasteiger partial charge in [0.25, 0.3) is 0 Å². The van der Waals surface area contributed by atoms with Crippen LogP contribution >= 0.6 is 0 Å². The van der Waals surface area contributed by atoms with E-state index < -0.39 is 5.60 Å². The molecule has 0 spiro atoms. The summed E-state index contributed by atoms with van der Waals surface area (Å²) in [5, 5.41) is 3.75. The van der Waals surface area contributed by atoms with Crippen molar-refractivity contribution in [2.45, 2.75) is 77.0 Å². The fraction of sp³-hybridized carbons (Fsp3) is 0.941. The van der Waals surface area contributed by atoms with Crippen molar-refractivity contribution in [3.8, 4) is 0 Å². The number of fused-ring (bicyclic) bond motifs is 2. The van der Waals surface area contributed by atoms with Crippen LogP contribution < -0.4 is 5.32 Å². The van der Waals surface area contributed by atoms with Crippen LogP contribution in [0.25, 0.3) is 0 Å². The quantitative estimate of drug-likeness (QED) is 0.869. The minimum absolute atomic E-state index is 0.139. The zero-order valence-corrected chi connectivity index (χ0v) is 13.7. The predicted molar refractivity (Wildman–Crippen MR) is 83.2 cm³/mol. The molecule has 0 aromatic carbocycles. The van der Waals surface area contributed by atoms with Crippen LogP contribution in [0.4, 0.5) is 4.79 Å². The minimum Gasteiger partial charge on any atom is -0.444 e. The molecule has 1 amide bonds. The maximum Gasteiger partial charge on any atom is 0.410 e. The lowest BCUT2D eigenvalue weighted by Crippen LogP contribution is -2.47. The van der Waals surface area contributed by atoms with Crippen molar-refractivity contribution < 1.29 is 9.53 Å². The van der Waals surface area contributed by atoms with E-state index in [9.17, 15) is 4.79 Å². The van der Waals surface area contributed by atoms with Gasteiger partial charge < -0.3 is 15.0 Å². The fourth-order valence-corrected chi connectivity index (χ4v) is 4.39. The van der Waals surface area contributed by atoms with Crippen LogP contribution in [0.3, 0.4) is 0 Å². The van der Waals surface area contributed by atoms with Crippen molar-refractivity contribution in [1.29, 1.82) is 0 Å². The molecule has 0 aromatic rings. The molecule has 2 saturated carbocycles. The summed E-state index contributed by atoms with van der Waals surface area (Å²) in [4.78, 5) is 14.2. The van der Waals surface area contributed by atoms with Gasteiger partial charge in [0.05, 0.1) is 0 Å². The van der Waals surface area contributed by atoms with Crippen LogP contribution in [-0.4, -0.2) is 41.8 Å². The lowest BCUT2D eigenvalue weighted by molar-refractivity contribution is 0.0223. The third kappa shape index (κ3) is 3.53. The van der Waals surface area contributed by atoms with Crippen LogP contribution in [0, 0.1) is 11.8 Å².